The molecule has 2 aromatic rings. The molecule has 0 unspecified atom stereocenters. The number of nitrogens with zero attached hydrogens (tertiary/aromatic N) is 2. The topological polar surface area (TPSA) is 29.9 Å². The summed E-state index contributed by atoms with van der Waals surface area (Å²) in [5.41, 5.74) is 5.03. The van der Waals surface area contributed by atoms with Crippen molar-refractivity contribution in [1.82, 2.24) is 15.1 Å². The van der Waals surface area contributed by atoms with Crippen LogP contribution < -0.4 is 5.32 Å². The summed E-state index contributed by atoms with van der Waals surface area (Å²) in [6, 6.07) is 8.64. The van der Waals surface area contributed by atoms with Gasteiger partial charge < -0.3 is 5.32 Å². The van der Waals surface area contributed by atoms with Crippen molar-refractivity contribution in [2.45, 2.75) is 40.4 Å². The summed E-state index contributed by atoms with van der Waals surface area (Å²) in [4.78, 5) is 0. The van der Waals surface area contributed by atoms with Crippen molar-refractivity contribution in [1.29, 1.82) is 0 Å². The van der Waals surface area contributed by atoms with Gasteiger partial charge in [-0.25, -0.2) is 0 Å². The lowest BCUT2D eigenvalue weighted by Gasteiger charge is -2.04. The predicted octanol–water partition coefficient (Wildman–Crippen LogP) is 2.81. The molecular formula is C15H21N3. The van der Waals surface area contributed by atoms with E-state index in [0.29, 0.717) is 0 Å². The minimum atomic E-state index is 0.875. The van der Waals surface area contributed by atoms with Gasteiger partial charge in [-0.1, -0.05) is 29.8 Å². The molecule has 0 atom stereocenters. The third kappa shape index (κ3) is 3.20. The lowest BCUT2D eigenvalue weighted by Crippen LogP contribution is -2.12. The van der Waals surface area contributed by atoms with Gasteiger partial charge in [-0.05, 0) is 26.3 Å². The molecule has 0 aliphatic rings. The highest BCUT2D eigenvalue weighted by Crippen LogP contribution is 2.07. The first-order chi connectivity index (χ1) is 8.69. The van der Waals surface area contributed by atoms with Gasteiger partial charge in [-0.3, -0.25) is 4.68 Å². The molecule has 96 valence electrons. The molecule has 1 heterocycles. The maximum Gasteiger partial charge on any atom is 0.0638 e. The van der Waals surface area contributed by atoms with Gasteiger partial charge in [-0.2, -0.15) is 5.10 Å². The van der Waals surface area contributed by atoms with Crippen LogP contribution in [-0.2, 0) is 19.6 Å². The number of hydrogen-bond donors (Lipinski definition) is 1. The standard InChI is InChI=1S/C15H21N3/c1-4-18-11-15(13(3)17-18)10-16-9-14-7-5-12(2)6-8-14/h5-8,11,16H,4,9-10H2,1-3H3. The van der Waals surface area contributed by atoms with E-state index in [4.69, 9.17) is 0 Å². The summed E-state index contributed by atoms with van der Waals surface area (Å²) in [6.45, 7) is 8.99. The largest absolute Gasteiger partial charge is 0.308 e. The first kappa shape index (κ1) is 12.8. The summed E-state index contributed by atoms with van der Waals surface area (Å²) in [5.74, 6) is 0. The fraction of sp³-hybridized carbons (Fsp3) is 0.400. The highest BCUT2D eigenvalue weighted by molar-refractivity contribution is 5.21. The van der Waals surface area contributed by atoms with Crippen LogP contribution in [0.25, 0.3) is 0 Å². The Morgan fingerprint density at radius 3 is 2.44 bits per heavy atom. The van der Waals surface area contributed by atoms with Crippen molar-refractivity contribution in [3.8, 4) is 0 Å². The van der Waals surface area contributed by atoms with Crippen LogP contribution in [0.4, 0.5) is 0 Å². The van der Waals surface area contributed by atoms with E-state index in [9.17, 15) is 0 Å². The lowest BCUT2D eigenvalue weighted by atomic mass is 10.1. The van der Waals surface area contributed by atoms with Gasteiger partial charge >= 0.3 is 0 Å². The van der Waals surface area contributed by atoms with Crippen LogP contribution in [0.15, 0.2) is 30.5 Å². The van der Waals surface area contributed by atoms with E-state index in [1.165, 1.54) is 16.7 Å². The molecule has 0 spiro atoms. The molecule has 1 aromatic carbocycles. The number of aryl methyl sites for hydroxylation is 3. The molecular weight excluding hydrogens is 222 g/mol. The van der Waals surface area contributed by atoms with Crippen LogP contribution >= 0.6 is 0 Å². The summed E-state index contributed by atoms with van der Waals surface area (Å²) in [5, 5.41) is 7.91. The van der Waals surface area contributed by atoms with Crippen LogP contribution in [0.5, 0.6) is 0 Å². The van der Waals surface area contributed by atoms with Gasteiger partial charge in [0.25, 0.3) is 0 Å². The molecule has 1 aromatic heterocycles. The summed E-state index contributed by atoms with van der Waals surface area (Å²) in [6.07, 6.45) is 2.12. The molecule has 0 saturated heterocycles. The second kappa shape index (κ2) is 5.83. The van der Waals surface area contributed by atoms with Crippen LogP contribution in [0.3, 0.4) is 0 Å². The van der Waals surface area contributed by atoms with Crippen LogP contribution in [-0.4, -0.2) is 9.78 Å². The average Bonchev–Trinajstić information content (AvgIpc) is 2.73. The zero-order valence-electron chi connectivity index (χ0n) is 11.4. The molecule has 0 amide bonds. The smallest absolute Gasteiger partial charge is 0.0638 e. The summed E-state index contributed by atoms with van der Waals surface area (Å²) >= 11 is 0. The molecule has 0 aliphatic carbocycles. The summed E-state index contributed by atoms with van der Waals surface area (Å²) < 4.78 is 1.98. The van der Waals surface area contributed by atoms with E-state index in [0.717, 1.165) is 25.3 Å². The zero-order chi connectivity index (χ0) is 13.0. The minimum Gasteiger partial charge on any atom is -0.308 e. The lowest BCUT2D eigenvalue weighted by molar-refractivity contribution is 0.651. The second-order valence-electron chi connectivity index (χ2n) is 4.68. The third-order valence-corrected chi connectivity index (χ3v) is 3.14. The van der Waals surface area contributed by atoms with E-state index >= 15 is 0 Å². The Balaban J connectivity index is 1.88. The van der Waals surface area contributed by atoms with Gasteiger partial charge in [0.15, 0.2) is 0 Å². The zero-order valence-corrected chi connectivity index (χ0v) is 11.4. The van der Waals surface area contributed by atoms with Gasteiger partial charge in [0.2, 0.25) is 0 Å². The summed E-state index contributed by atoms with van der Waals surface area (Å²) in [7, 11) is 0. The SMILES string of the molecule is CCn1cc(CNCc2ccc(C)cc2)c(C)n1. The van der Waals surface area contributed by atoms with E-state index < -0.39 is 0 Å². The Kier molecular flexibility index (Phi) is 4.15. The van der Waals surface area contributed by atoms with Crippen molar-refractivity contribution in [2.24, 2.45) is 0 Å². The van der Waals surface area contributed by atoms with E-state index in [1.54, 1.807) is 0 Å². The Morgan fingerprint density at radius 2 is 1.83 bits per heavy atom. The van der Waals surface area contributed by atoms with E-state index in [2.05, 4.69) is 61.6 Å². The van der Waals surface area contributed by atoms with Gasteiger partial charge in [0.1, 0.15) is 0 Å². The molecule has 0 fully saturated rings. The number of rotatable bonds is 5. The van der Waals surface area contributed by atoms with Crippen molar-refractivity contribution in [2.75, 3.05) is 0 Å². The quantitative estimate of drug-likeness (QED) is 0.875. The van der Waals surface area contributed by atoms with Crippen molar-refractivity contribution < 1.29 is 0 Å². The molecule has 0 radical (unpaired) electrons. The Hall–Kier alpha value is -1.61. The van der Waals surface area contributed by atoms with Crippen LogP contribution in [0.1, 0.15) is 29.3 Å². The Bertz CT molecular complexity index is 497. The molecule has 1 N–H and O–H groups in total. The molecule has 18 heavy (non-hydrogen) atoms. The molecule has 3 heteroatoms. The molecule has 0 aliphatic heterocycles. The number of nitrogens with one attached hydrogen (secondary N) is 1. The molecule has 0 saturated carbocycles. The number of benzene rings is 1. The maximum absolute atomic E-state index is 4.44. The van der Waals surface area contributed by atoms with Gasteiger partial charge in [0.05, 0.1) is 5.69 Å². The average molecular weight is 243 g/mol. The van der Waals surface area contributed by atoms with Crippen molar-refractivity contribution in [3.05, 3.63) is 52.8 Å². The Morgan fingerprint density at radius 1 is 1.11 bits per heavy atom. The first-order valence-corrected chi connectivity index (χ1v) is 6.48. The third-order valence-electron chi connectivity index (χ3n) is 3.14. The fourth-order valence-electron chi connectivity index (χ4n) is 1.94. The number of aromatic nitrogens is 2. The molecule has 0 bridgehead atoms. The predicted molar refractivity (Wildman–Crippen MR) is 74.4 cm³/mol. The monoisotopic (exact) mass is 243 g/mol. The Labute approximate surface area is 109 Å². The maximum atomic E-state index is 4.44. The fourth-order valence-corrected chi connectivity index (χ4v) is 1.94. The second-order valence-corrected chi connectivity index (χ2v) is 4.68. The molecule has 3 nitrogen and oxygen atoms in total. The van der Waals surface area contributed by atoms with Crippen molar-refractivity contribution >= 4 is 0 Å². The van der Waals surface area contributed by atoms with Gasteiger partial charge in [-0.15, -0.1) is 0 Å². The van der Waals surface area contributed by atoms with E-state index in [1.807, 2.05) is 4.68 Å². The number of hydrogen-bond acceptors (Lipinski definition) is 2. The highest BCUT2D eigenvalue weighted by Gasteiger charge is 2.03. The first-order valence-electron chi connectivity index (χ1n) is 6.48. The highest BCUT2D eigenvalue weighted by atomic mass is 15.3. The van der Waals surface area contributed by atoms with Crippen LogP contribution in [0, 0.1) is 13.8 Å². The van der Waals surface area contributed by atoms with Gasteiger partial charge in [0, 0.05) is 31.4 Å². The van der Waals surface area contributed by atoms with Crippen LogP contribution in [0.2, 0.25) is 0 Å². The normalized spacial score (nSPS) is 10.8. The van der Waals surface area contributed by atoms with E-state index in [-0.39, 0.29) is 0 Å². The van der Waals surface area contributed by atoms with Crippen molar-refractivity contribution in [3.63, 3.8) is 0 Å². The molecule has 2 rings (SSSR count). The minimum absolute atomic E-state index is 0.875.